The van der Waals surface area contributed by atoms with Crippen LogP contribution in [0.2, 0.25) is 0 Å². The number of hydrogen-bond acceptors (Lipinski definition) is 4. The van der Waals surface area contributed by atoms with Crippen molar-refractivity contribution in [1.29, 1.82) is 0 Å². The number of amides is 1. The van der Waals surface area contributed by atoms with Crippen LogP contribution in [0.1, 0.15) is 22.3 Å². The van der Waals surface area contributed by atoms with Gasteiger partial charge >= 0.3 is 5.97 Å². The predicted octanol–water partition coefficient (Wildman–Crippen LogP) is 0.750. The summed E-state index contributed by atoms with van der Waals surface area (Å²) in [5.41, 5.74) is 6.03. The second-order valence-corrected chi connectivity index (χ2v) is 4.70. The van der Waals surface area contributed by atoms with Gasteiger partial charge in [0.25, 0.3) is 0 Å². The highest BCUT2D eigenvalue weighted by molar-refractivity contribution is 6.00. The number of carboxylic acid groups (broad SMARTS) is 1. The summed E-state index contributed by atoms with van der Waals surface area (Å²) in [5.74, 6) is -1.38. The Morgan fingerprint density at radius 3 is 2.79 bits per heavy atom. The molecular weight excluding hydrogens is 248 g/mol. The van der Waals surface area contributed by atoms with E-state index in [1.165, 1.54) is 6.07 Å². The van der Waals surface area contributed by atoms with Gasteiger partial charge in [-0.15, -0.1) is 0 Å². The molecule has 0 aliphatic carbocycles. The maximum Gasteiger partial charge on any atom is 0.336 e. The Balaban J connectivity index is 2.22. The lowest BCUT2D eigenvalue weighted by Gasteiger charge is -2.21. The van der Waals surface area contributed by atoms with Gasteiger partial charge < -0.3 is 20.9 Å². The summed E-state index contributed by atoms with van der Waals surface area (Å²) in [5, 5.41) is 11.7. The number of aromatic carboxylic acids is 1. The molecule has 0 radical (unpaired) electrons. The van der Waals surface area contributed by atoms with Crippen molar-refractivity contribution in [1.82, 2.24) is 0 Å². The van der Waals surface area contributed by atoms with E-state index in [0.717, 1.165) is 0 Å². The first-order valence-electron chi connectivity index (χ1n) is 5.95. The van der Waals surface area contributed by atoms with Crippen molar-refractivity contribution >= 4 is 17.6 Å². The van der Waals surface area contributed by atoms with Crippen LogP contribution >= 0.6 is 0 Å². The Hall–Kier alpha value is -1.92. The third-order valence-corrected chi connectivity index (χ3v) is 3.32. The fourth-order valence-corrected chi connectivity index (χ4v) is 2.01. The summed E-state index contributed by atoms with van der Waals surface area (Å²) >= 11 is 0. The Morgan fingerprint density at radius 2 is 2.21 bits per heavy atom. The van der Waals surface area contributed by atoms with Crippen LogP contribution in [-0.4, -0.2) is 35.7 Å². The van der Waals surface area contributed by atoms with Gasteiger partial charge in [0.1, 0.15) is 5.54 Å². The van der Waals surface area contributed by atoms with Gasteiger partial charge in [-0.25, -0.2) is 4.79 Å². The zero-order chi connectivity index (χ0) is 14.0. The third-order valence-electron chi connectivity index (χ3n) is 3.32. The molecule has 1 fully saturated rings. The van der Waals surface area contributed by atoms with Crippen molar-refractivity contribution in [2.75, 3.05) is 18.5 Å². The van der Waals surface area contributed by atoms with E-state index in [9.17, 15) is 9.59 Å². The van der Waals surface area contributed by atoms with Crippen LogP contribution in [0.15, 0.2) is 18.2 Å². The minimum atomic E-state index is -1.04. The summed E-state index contributed by atoms with van der Waals surface area (Å²) < 4.78 is 5.13. The van der Waals surface area contributed by atoms with E-state index >= 15 is 0 Å². The monoisotopic (exact) mass is 264 g/mol. The molecule has 19 heavy (non-hydrogen) atoms. The molecule has 1 amide bonds. The Labute approximate surface area is 110 Å². The number of carbonyl (C=O) groups is 2. The van der Waals surface area contributed by atoms with E-state index < -0.39 is 11.5 Å². The second kappa shape index (κ2) is 4.99. The van der Waals surface area contributed by atoms with Gasteiger partial charge in [-0.3, -0.25) is 4.79 Å². The van der Waals surface area contributed by atoms with E-state index in [1.807, 2.05) is 0 Å². The normalized spacial score (nSPS) is 22.2. The Morgan fingerprint density at radius 1 is 1.47 bits per heavy atom. The number of benzene rings is 1. The molecule has 1 aromatic rings. The summed E-state index contributed by atoms with van der Waals surface area (Å²) in [4.78, 5) is 23.1. The van der Waals surface area contributed by atoms with E-state index in [2.05, 4.69) is 5.32 Å². The highest BCUT2D eigenvalue weighted by Gasteiger charge is 2.38. The molecule has 1 aliphatic rings. The fourth-order valence-electron chi connectivity index (χ4n) is 2.01. The van der Waals surface area contributed by atoms with Crippen molar-refractivity contribution in [3.05, 3.63) is 29.3 Å². The standard InChI is InChI=1S/C13H16N2O4/c1-8-9(11(16)17)3-2-4-10(8)15-12(18)13(14)5-6-19-7-13/h2-4H,5-7,14H2,1H3,(H,15,18)(H,16,17). The minimum absolute atomic E-state index is 0.159. The number of rotatable bonds is 3. The molecule has 2 rings (SSSR count). The van der Waals surface area contributed by atoms with Gasteiger partial charge in [-0.1, -0.05) is 6.07 Å². The molecule has 1 aliphatic heterocycles. The lowest BCUT2D eigenvalue weighted by molar-refractivity contribution is -0.121. The lowest BCUT2D eigenvalue weighted by Crippen LogP contribution is -2.51. The maximum atomic E-state index is 12.1. The zero-order valence-corrected chi connectivity index (χ0v) is 10.6. The SMILES string of the molecule is Cc1c(NC(=O)C2(N)CCOC2)cccc1C(=O)O. The highest BCUT2D eigenvalue weighted by Crippen LogP contribution is 2.22. The van der Waals surface area contributed by atoms with E-state index in [4.69, 9.17) is 15.6 Å². The molecule has 1 saturated heterocycles. The smallest absolute Gasteiger partial charge is 0.336 e. The number of hydrogen-bond donors (Lipinski definition) is 3. The molecule has 6 nitrogen and oxygen atoms in total. The molecule has 1 heterocycles. The third kappa shape index (κ3) is 2.59. The number of anilines is 1. The molecule has 1 atom stereocenters. The van der Waals surface area contributed by atoms with Crippen LogP contribution in [-0.2, 0) is 9.53 Å². The lowest BCUT2D eigenvalue weighted by atomic mass is 9.98. The van der Waals surface area contributed by atoms with Crippen molar-refractivity contribution in [2.24, 2.45) is 5.73 Å². The average molecular weight is 264 g/mol. The topological polar surface area (TPSA) is 102 Å². The molecular formula is C13H16N2O4. The number of carbonyl (C=O) groups excluding carboxylic acids is 1. The average Bonchev–Trinajstić information content (AvgIpc) is 2.80. The summed E-state index contributed by atoms with van der Waals surface area (Å²) in [6.45, 7) is 2.28. The number of ether oxygens (including phenoxy) is 1. The van der Waals surface area contributed by atoms with Crippen molar-refractivity contribution in [3.8, 4) is 0 Å². The summed E-state index contributed by atoms with van der Waals surface area (Å²) in [6, 6.07) is 4.73. The van der Waals surface area contributed by atoms with Crippen molar-refractivity contribution < 1.29 is 19.4 Å². The van der Waals surface area contributed by atoms with E-state index in [0.29, 0.717) is 24.3 Å². The minimum Gasteiger partial charge on any atom is -0.478 e. The zero-order valence-electron chi connectivity index (χ0n) is 10.6. The van der Waals surface area contributed by atoms with Crippen LogP contribution < -0.4 is 11.1 Å². The predicted molar refractivity (Wildman–Crippen MR) is 69.1 cm³/mol. The first-order valence-corrected chi connectivity index (χ1v) is 5.95. The number of nitrogens with one attached hydrogen (secondary N) is 1. The molecule has 0 bridgehead atoms. The number of nitrogens with two attached hydrogens (primary N) is 1. The van der Waals surface area contributed by atoms with Crippen molar-refractivity contribution in [2.45, 2.75) is 18.9 Å². The summed E-state index contributed by atoms with van der Waals surface area (Å²) in [7, 11) is 0. The molecule has 6 heteroatoms. The van der Waals surface area contributed by atoms with Gasteiger partial charge in [-0.2, -0.15) is 0 Å². The van der Waals surface area contributed by atoms with Crippen LogP contribution in [0.25, 0.3) is 0 Å². The molecule has 102 valence electrons. The van der Waals surface area contributed by atoms with Gasteiger partial charge in [0.05, 0.1) is 12.2 Å². The van der Waals surface area contributed by atoms with Gasteiger partial charge in [0.15, 0.2) is 0 Å². The fraction of sp³-hybridized carbons (Fsp3) is 0.385. The number of carboxylic acids is 1. The van der Waals surface area contributed by atoms with Gasteiger partial charge in [0, 0.05) is 12.3 Å². The molecule has 1 aromatic carbocycles. The summed E-state index contributed by atoms with van der Waals surface area (Å²) in [6.07, 6.45) is 0.455. The first kappa shape index (κ1) is 13.5. The van der Waals surface area contributed by atoms with Gasteiger partial charge in [0.2, 0.25) is 5.91 Å². The van der Waals surface area contributed by atoms with Crippen LogP contribution in [0, 0.1) is 6.92 Å². The van der Waals surface area contributed by atoms with Gasteiger partial charge in [-0.05, 0) is 31.0 Å². The van der Waals surface area contributed by atoms with Crippen molar-refractivity contribution in [3.63, 3.8) is 0 Å². The second-order valence-electron chi connectivity index (χ2n) is 4.70. The Kier molecular flexibility index (Phi) is 3.55. The molecule has 0 aromatic heterocycles. The van der Waals surface area contributed by atoms with Crippen LogP contribution in [0.5, 0.6) is 0 Å². The maximum absolute atomic E-state index is 12.1. The van der Waals surface area contributed by atoms with Crippen LogP contribution in [0.3, 0.4) is 0 Å². The molecule has 0 spiro atoms. The quantitative estimate of drug-likeness (QED) is 0.747. The largest absolute Gasteiger partial charge is 0.478 e. The highest BCUT2D eigenvalue weighted by atomic mass is 16.5. The van der Waals surface area contributed by atoms with E-state index in [-0.39, 0.29) is 18.1 Å². The molecule has 0 saturated carbocycles. The molecule has 4 N–H and O–H groups in total. The Bertz CT molecular complexity index is 521. The molecule has 1 unspecified atom stereocenters. The van der Waals surface area contributed by atoms with E-state index in [1.54, 1.807) is 19.1 Å². The first-order chi connectivity index (χ1) is 8.94. The van der Waals surface area contributed by atoms with Crippen LogP contribution in [0.4, 0.5) is 5.69 Å².